The van der Waals surface area contributed by atoms with Gasteiger partial charge in [0.15, 0.2) is 0 Å². The molecule has 0 unspecified atom stereocenters. The monoisotopic (exact) mass is 290 g/mol. The van der Waals surface area contributed by atoms with E-state index in [2.05, 4.69) is 53.7 Å². The first kappa shape index (κ1) is 16.0. The van der Waals surface area contributed by atoms with Gasteiger partial charge in [-0.3, -0.25) is 0 Å². The van der Waals surface area contributed by atoms with Crippen LogP contribution >= 0.6 is 7.92 Å². The minimum atomic E-state index is 0.122. The molecule has 1 aliphatic rings. The Morgan fingerprint density at radius 2 is 1.20 bits per heavy atom. The van der Waals surface area contributed by atoms with Crippen molar-refractivity contribution in [1.29, 1.82) is 0 Å². The van der Waals surface area contributed by atoms with Gasteiger partial charge in [-0.25, -0.2) is 0 Å². The van der Waals surface area contributed by atoms with Gasteiger partial charge in [0.2, 0.25) is 0 Å². The summed E-state index contributed by atoms with van der Waals surface area (Å²) in [5, 5.41) is 1.78. The molecule has 20 heavy (non-hydrogen) atoms. The zero-order valence-corrected chi connectivity index (χ0v) is 15.1. The van der Waals surface area contributed by atoms with E-state index in [1.165, 1.54) is 30.7 Å². The van der Waals surface area contributed by atoms with Crippen molar-refractivity contribution >= 4 is 13.2 Å². The lowest BCUT2D eigenvalue weighted by atomic mass is 9.89. The van der Waals surface area contributed by atoms with Crippen LogP contribution in [0.5, 0.6) is 0 Å². The van der Waals surface area contributed by atoms with E-state index < -0.39 is 0 Å². The fraction of sp³-hybridized carbons (Fsp3) is 0.684. The maximum absolute atomic E-state index is 2.52. The lowest BCUT2D eigenvalue weighted by molar-refractivity contribution is 0.813. The van der Waals surface area contributed by atoms with E-state index in [0.29, 0.717) is 17.8 Å². The molecular formula is C19H31P. The zero-order valence-electron chi connectivity index (χ0n) is 14.2. The Hall–Kier alpha value is -0.350. The highest BCUT2D eigenvalue weighted by atomic mass is 31.1. The highest BCUT2D eigenvalue weighted by molar-refractivity contribution is 7.66. The predicted molar refractivity (Wildman–Crippen MR) is 94.2 cm³/mol. The lowest BCUT2D eigenvalue weighted by Crippen LogP contribution is -2.19. The Balaban J connectivity index is 2.60. The average Bonchev–Trinajstić information content (AvgIpc) is 2.90. The van der Waals surface area contributed by atoms with Crippen LogP contribution in [0.1, 0.15) is 88.8 Å². The van der Waals surface area contributed by atoms with Crippen LogP contribution in [0.2, 0.25) is 0 Å². The Kier molecular flexibility index (Phi) is 5.30. The number of hydrogen-bond acceptors (Lipinski definition) is 0. The van der Waals surface area contributed by atoms with Gasteiger partial charge in [-0.2, -0.15) is 0 Å². The smallest absolute Gasteiger partial charge is 0.0171 e. The van der Waals surface area contributed by atoms with Crippen molar-refractivity contribution in [3.05, 3.63) is 28.8 Å². The van der Waals surface area contributed by atoms with Gasteiger partial charge in [-0.1, -0.05) is 61.6 Å². The standard InChI is InChI=1S/C19H31P/c1-13(2)16-11-17(14(3)4)19(18(12-16)15(5)6)20-9-7-8-10-20/h11-15H,7-10H2,1-6H3. The molecule has 0 nitrogen and oxygen atoms in total. The maximum atomic E-state index is 2.52. The van der Waals surface area contributed by atoms with Crippen LogP contribution < -0.4 is 5.30 Å². The molecule has 1 fully saturated rings. The normalized spacial score (nSPS) is 16.9. The van der Waals surface area contributed by atoms with Crippen molar-refractivity contribution in [2.75, 3.05) is 12.3 Å². The fourth-order valence-corrected chi connectivity index (χ4v) is 6.48. The van der Waals surface area contributed by atoms with Gasteiger partial charge < -0.3 is 0 Å². The van der Waals surface area contributed by atoms with Gasteiger partial charge in [0.25, 0.3) is 0 Å². The van der Waals surface area contributed by atoms with Gasteiger partial charge >= 0.3 is 0 Å². The van der Waals surface area contributed by atoms with Crippen molar-refractivity contribution < 1.29 is 0 Å². The number of hydrogen-bond donors (Lipinski definition) is 0. The van der Waals surface area contributed by atoms with Crippen LogP contribution in [-0.2, 0) is 0 Å². The van der Waals surface area contributed by atoms with Crippen molar-refractivity contribution in [3.8, 4) is 0 Å². The summed E-state index contributed by atoms with van der Waals surface area (Å²) in [6, 6.07) is 5.05. The Bertz CT molecular complexity index is 422. The van der Waals surface area contributed by atoms with E-state index in [1.54, 1.807) is 16.4 Å². The third kappa shape index (κ3) is 3.28. The summed E-state index contributed by atoms with van der Waals surface area (Å²) in [5.74, 6) is 1.95. The van der Waals surface area contributed by atoms with Crippen LogP contribution in [0.4, 0.5) is 0 Å². The largest absolute Gasteiger partial charge is 0.0747 e. The van der Waals surface area contributed by atoms with Crippen molar-refractivity contribution in [3.63, 3.8) is 0 Å². The molecule has 1 aromatic rings. The van der Waals surface area contributed by atoms with Gasteiger partial charge in [-0.15, -0.1) is 0 Å². The summed E-state index contributed by atoms with van der Waals surface area (Å²) >= 11 is 0. The number of rotatable bonds is 4. The molecule has 0 radical (unpaired) electrons. The van der Waals surface area contributed by atoms with E-state index in [9.17, 15) is 0 Å². The molecule has 1 saturated heterocycles. The molecule has 0 atom stereocenters. The highest BCUT2D eigenvalue weighted by Gasteiger charge is 2.25. The molecule has 2 rings (SSSR count). The van der Waals surface area contributed by atoms with Gasteiger partial charge in [0.05, 0.1) is 0 Å². The van der Waals surface area contributed by atoms with Crippen molar-refractivity contribution in [2.45, 2.75) is 72.1 Å². The third-order valence-electron chi connectivity index (χ3n) is 4.52. The van der Waals surface area contributed by atoms with Crippen molar-refractivity contribution in [2.24, 2.45) is 0 Å². The third-order valence-corrected chi connectivity index (χ3v) is 7.39. The molecule has 0 bridgehead atoms. The van der Waals surface area contributed by atoms with Crippen LogP contribution in [0.15, 0.2) is 12.1 Å². The molecule has 1 heteroatoms. The minimum absolute atomic E-state index is 0.122. The second-order valence-electron chi connectivity index (χ2n) is 7.21. The number of benzene rings is 1. The van der Waals surface area contributed by atoms with E-state index >= 15 is 0 Å². The SMILES string of the molecule is CC(C)c1cc(C(C)C)c(P2CCCC2)c(C(C)C)c1. The molecular weight excluding hydrogens is 259 g/mol. The van der Waals surface area contributed by atoms with E-state index in [-0.39, 0.29) is 7.92 Å². The molecule has 1 heterocycles. The Labute approximate surface area is 127 Å². The molecule has 1 aromatic carbocycles. The first-order chi connectivity index (χ1) is 9.41. The zero-order chi connectivity index (χ0) is 14.9. The second-order valence-corrected chi connectivity index (χ2v) is 9.63. The highest BCUT2D eigenvalue weighted by Crippen LogP contribution is 2.46. The van der Waals surface area contributed by atoms with E-state index in [4.69, 9.17) is 0 Å². The Morgan fingerprint density at radius 3 is 1.55 bits per heavy atom. The molecule has 0 amide bonds. The predicted octanol–water partition coefficient (Wildman–Crippen LogP) is 5.96. The molecule has 0 spiro atoms. The lowest BCUT2D eigenvalue weighted by Gasteiger charge is -2.26. The maximum Gasteiger partial charge on any atom is -0.0171 e. The molecule has 0 N–H and O–H groups in total. The van der Waals surface area contributed by atoms with Crippen LogP contribution in [-0.4, -0.2) is 12.3 Å². The minimum Gasteiger partial charge on any atom is -0.0747 e. The molecule has 1 aliphatic heterocycles. The summed E-state index contributed by atoms with van der Waals surface area (Å²) in [5.41, 5.74) is 4.86. The summed E-state index contributed by atoms with van der Waals surface area (Å²) in [6.45, 7) is 14.1. The first-order valence-electron chi connectivity index (χ1n) is 8.34. The molecule has 112 valence electrons. The van der Waals surface area contributed by atoms with Crippen LogP contribution in [0.25, 0.3) is 0 Å². The molecule has 0 saturated carbocycles. The van der Waals surface area contributed by atoms with Gasteiger partial charge in [-0.05, 0) is 64.9 Å². The average molecular weight is 290 g/mol. The van der Waals surface area contributed by atoms with Crippen LogP contribution in [0, 0.1) is 0 Å². The molecule has 0 aromatic heterocycles. The van der Waals surface area contributed by atoms with Gasteiger partial charge in [0.1, 0.15) is 0 Å². The van der Waals surface area contributed by atoms with E-state index in [1.807, 2.05) is 0 Å². The van der Waals surface area contributed by atoms with Crippen LogP contribution in [0.3, 0.4) is 0 Å². The second kappa shape index (κ2) is 6.61. The quantitative estimate of drug-likeness (QED) is 0.600. The van der Waals surface area contributed by atoms with E-state index in [0.717, 1.165) is 0 Å². The summed E-state index contributed by atoms with van der Waals surface area (Å²) in [7, 11) is 0.122. The summed E-state index contributed by atoms with van der Waals surface area (Å²) in [4.78, 5) is 0. The summed E-state index contributed by atoms with van der Waals surface area (Å²) < 4.78 is 0. The fourth-order valence-electron chi connectivity index (χ4n) is 3.22. The first-order valence-corrected chi connectivity index (χ1v) is 10.1. The molecule has 0 aliphatic carbocycles. The summed E-state index contributed by atoms with van der Waals surface area (Å²) in [6.07, 6.45) is 5.84. The van der Waals surface area contributed by atoms with Crippen molar-refractivity contribution in [1.82, 2.24) is 0 Å². The van der Waals surface area contributed by atoms with Gasteiger partial charge in [0, 0.05) is 0 Å². The Morgan fingerprint density at radius 1 is 0.750 bits per heavy atom. The topological polar surface area (TPSA) is 0 Å².